The van der Waals surface area contributed by atoms with Crippen LogP contribution >= 0.6 is 23.1 Å². The van der Waals surface area contributed by atoms with Gasteiger partial charge >= 0.3 is 0 Å². The molecule has 0 radical (unpaired) electrons. The molecule has 0 aliphatic carbocycles. The Bertz CT molecular complexity index is 611. The van der Waals surface area contributed by atoms with Crippen LogP contribution in [0.4, 0.5) is 0 Å². The van der Waals surface area contributed by atoms with Crippen LogP contribution in [0.5, 0.6) is 0 Å². The van der Waals surface area contributed by atoms with Crippen molar-refractivity contribution in [3.63, 3.8) is 0 Å². The second-order valence-corrected chi connectivity index (χ2v) is 6.19. The molecule has 19 heavy (non-hydrogen) atoms. The molecule has 0 aliphatic heterocycles. The summed E-state index contributed by atoms with van der Waals surface area (Å²) in [5.74, 6) is 1.90. The zero-order valence-electron chi connectivity index (χ0n) is 11.0. The van der Waals surface area contributed by atoms with Crippen LogP contribution in [-0.2, 0) is 12.8 Å². The number of benzene rings is 1. The fourth-order valence-corrected chi connectivity index (χ4v) is 2.91. The number of thioether (sulfide) groups is 1. The molecule has 0 saturated heterocycles. The average Bonchev–Trinajstić information content (AvgIpc) is 2.82. The SMILES string of the molecule is CCSCc1ccc(C(=O)N=c2sccn2C)cc1. The van der Waals surface area contributed by atoms with Gasteiger partial charge in [0.05, 0.1) is 0 Å². The van der Waals surface area contributed by atoms with Crippen LogP contribution in [0, 0.1) is 0 Å². The molecule has 100 valence electrons. The lowest BCUT2D eigenvalue weighted by Crippen LogP contribution is -2.12. The third-order valence-electron chi connectivity index (χ3n) is 2.63. The van der Waals surface area contributed by atoms with E-state index in [2.05, 4.69) is 11.9 Å². The molecule has 1 heterocycles. The topological polar surface area (TPSA) is 34.4 Å². The first kappa shape index (κ1) is 14.1. The van der Waals surface area contributed by atoms with Gasteiger partial charge in [-0.25, -0.2) is 0 Å². The number of hydrogen-bond acceptors (Lipinski definition) is 3. The van der Waals surface area contributed by atoms with Crippen molar-refractivity contribution in [3.05, 3.63) is 51.8 Å². The second-order valence-electron chi connectivity index (χ2n) is 4.05. The fourth-order valence-electron chi connectivity index (χ4n) is 1.55. The molecule has 0 aliphatic rings. The van der Waals surface area contributed by atoms with Crippen LogP contribution in [0.15, 0.2) is 40.8 Å². The van der Waals surface area contributed by atoms with E-state index in [9.17, 15) is 4.79 Å². The number of nitrogens with zero attached hydrogens (tertiary/aromatic N) is 2. The van der Waals surface area contributed by atoms with Crippen molar-refractivity contribution in [1.82, 2.24) is 4.57 Å². The Hall–Kier alpha value is -1.33. The van der Waals surface area contributed by atoms with Gasteiger partial charge in [-0.15, -0.1) is 11.3 Å². The largest absolute Gasteiger partial charge is 0.327 e. The van der Waals surface area contributed by atoms with Crippen molar-refractivity contribution in [2.45, 2.75) is 12.7 Å². The van der Waals surface area contributed by atoms with E-state index in [-0.39, 0.29) is 5.91 Å². The van der Waals surface area contributed by atoms with Gasteiger partial charge in [-0.2, -0.15) is 16.8 Å². The number of aromatic nitrogens is 1. The first-order valence-electron chi connectivity index (χ1n) is 6.06. The number of rotatable bonds is 4. The van der Waals surface area contributed by atoms with Gasteiger partial charge in [-0.3, -0.25) is 4.79 Å². The van der Waals surface area contributed by atoms with Gasteiger partial charge in [0.2, 0.25) is 0 Å². The molecule has 1 amide bonds. The zero-order valence-corrected chi connectivity index (χ0v) is 12.6. The minimum Gasteiger partial charge on any atom is -0.327 e. The molecule has 3 nitrogen and oxygen atoms in total. The zero-order chi connectivity index (χ0) is 13.7. The summed E-state index contributed by atoms with van der Waals surface area (Å²) in [6.07, 6.45) is 1.89. The predicted molar refractivity (Wildman–Crippen MR) is 81.5 cm³/mol. The van der Waals surface area contributed by atoms with E-state index in [1.54, 1.807) is 0 Å². The molecular formula is C14H16N2OS2. The highest BCUT2D eigenvalue weighted by Crippen LogP contribution is 2.13. The first-order valence-corrected chi connectivity index (χ1v) is 8.10. The Labute approximate surface area is 121 Å². The van der Waals surface area contributed by atoms with Crippen molar-refractivity contribution in [1.29, 1.82) is 0 Å². The van der Waals surface area contributed by atoms with Crippen LogP contribution in [0.2, 0.25) is 0 Å². The molecule has 0 fully saturated rings. The van der Waals surface area contributed by atoms with Gasteiger partial charge < -0.3 is 4.57 Å². The molecule has 0 atom stereocenters. The summed E-state index contributed by atoms with van der Waals surface area (Å²) in [5.41, 5.74) is 1.88. The van der Waals surface area contributed by atoms with E-state index in [0.717, 1.165) is 16.3 Å². The summed E-state index contributed by atoms with van der Waals surface area (Å²) in [4.78, 5) is 16.8. The third kappa shape index (κ3) is 3.81. The van der Waals surface area contributed by atoms with E-state index in [0.29, 0.717) is 5.56 Å². The highest BCUT2D eigenvalue weighted by atomic mass is 32.2. The lowest BCUT2D eigenvalue weighted by molar-refractivity contribution is 0.0998. The molecule has 0 N–H and O–H groups in total. The average molecular weight is 292 g/mol. The van der Waals surface area contributed by atoms with Gasteiger partial charge in [0.25, 0.3) is 5.91 Å². The second kappa shape index (κ2) is 6.73. The van der Waals surface area contributed by atoms with Crippen molar-refractivity contribution < 1.29 is 4.79 Å². The Morgan fingerprint density at radius 3 is 2.68 bits per heavy atom. The van der Waals surface area contributed by atoms with Crippen LogP contribution in [-0.4, -0.2) is 16.2 Å². The van der Waals surface area contributed by atoms with E-state index in [4.69, 9.17) is 0 Å². The summed E-state index contributed by atoms with van der Waals surface area (Å²) in [5, 5.41) is 1.91. The third-order valence-corrected chi connectivity index (χ3v) is 4.42. The predicted octanol–water partition coefficient (Wildman–Crippen LogP) is 3.08. The number of thiazole rings is 1. The van der Waals surface area contributed by atoms with Gasteiger partial charge in [0.1, 0.15) is 0 Å². The van der Waals surface area contributed by atoms with Gasteiger partial charge in [-0.05, 0) is 23.4 Å². The molecule has 0 bridgehead atoms. The Balaban J connectivity index is 2.14. The van der Waals surface area contributed by atoms with E-state index in [1.807, 2.05) is 59.2 Å². The molecule has 0 unspecified atom stereocenters. The smallest absolute Gasteiger partial charge is 0.279 e. The molecule has 1 aromatic carbocycles. The molecule has 5 heteroatoms. The van der Waals surface area contributed by atoms with Crippen molar-refractivity contribution >= 4 is 29.0 Å². The monoisotopic (exact) mass is 292 g/mol. The Morgan fingerprint density at radius 1 is 1.37 bits per heavy atom. The molecular weight excluding hydrogens is 276 g/mol. The lowest BCUT2D eigenvalue weighted by Gasteiger charge is -2.00. The van der Waals surface area contributed by atoms with Crippen molar-refractivity contribution in [2.24, 2.45) is 12.0 Å². The quantitative estimate of drug-likeness (QED) is 0.868. The minimum atomic E-state index is -0.187. The van der Waals surface area contributed by atoms with Crippen molar-refractivity contribution in [2.75, 3.05) is 5.75 Å². The summed E-state index contributed by atoms with van der Waals surface area (Å²) < 4.78 is 1.84. The molecule has 2 rings (SSSR count). The number of hydrogen-bond donors (Lipinski definition) is 0. The van der Waals surface area contributed by atoms with Gasteiger partial charge in [-0.1, -0.05) is 19.1 Å². The highest BCUT2D eigenvalue weighted by Gasteiger charge is 2.04. The standard InChI is InChI=1S/C14H16N2OS2/c1-3-18-10-11-4-6-12(7-5-11)13(17)15-14-16(2)8-9-19-14/h4-9H,3,10H2,1-2H3. The molecule has 1 aromatic heterocycles. The normalized spacial score (nSPS) is 11.8. The van der Waals surface area contributed by atoms with E-state index < -0.39 is 0 Å². The summed E-state index contributed by atoms with van der Waals surface area (Å²) in [7, 11) is 1.88. The summed E-state index contributed by atoms with van der Waals surface area (Å²) in [6, 6.07) is 7.70. The van der Waals surface area contributed by atoms with Gasteiger partial charge in [0, 0.05) is 29.9 Å². The van der Waals surface area contributed by atoms with Crippen molar-refractivity contribution in [3.8, 4) is 0 Å². The molecule has 0 saturated carbocycles. The number of carbonyl (C=O) groups is 1. The molecule has 2 aromatic rings. The summed E-state index contributed by atoms with van der Waals surface area (Å²) in [6.45, 7) is 2.14. The maximum Gasteiger partial charge on any atom is 0.279 e. The van der Waals surface area contributed by atoms with Crippen LogP contribution in [0.25, 0.3) is 0 Å². The fraction of sp³-hybridized carbons (Fsp3) is 0.286. The number of aryl methyl sites for hydroxylation is 1. The molecule has 0 spiro atoms. The van der Waals surface area contributed by atoms with Crippen LogP contribution in [0.3, 0.4) is 0 Å². The van der Waals surface area contributed by atoms with E-state index >= 15 is 0 Å². The number of amides is 1. The number of carbonyl (C=O) groups excluding carboxylic acids is 1. The maximum absolute atomic E-state index is 12.0. The summed E-state index contributed by atoms with van der Waals surface area (Å²) >= 11 is 3.33. The highest BCUT2D eigenvalue weighted by molar-refractivity contribution is 7.98. The lowest BCUT2D eigenvalue weighted by atomic mass is 10.1. The van der Waals surface area contributed by atoms with Gasteiger partial charge in [0.15, 0.2) is 4.80 Å². The Kier molecular flexibility index (Phi) is 4.99. The van der Waals surface area contributed by atoms with Crippen LogP contribution < -0.4 is 4.80 Å². The minimum absolute atomic E-state index is 0.187. The van der Waals surface area contributed by atoms with Crippen LogP contribution in [0.1, 0.15) is 22.8 Å². The van der Waals surface area contributed by atoms with E-state index in [1.165, 1.54) is 16.9 Å². The Morgan fingerprint density at radius 2 is 2.11 bits per heavy atom. The first-order chi connectivity index (χ1) is 9.20. The maximum atomic E-state index is 12.0.